The molecule has 1 aromatic rings. The van der Waals surface area contributed by atoms with Gasteiger partial charge in [-0.3, -0.25) is 0 Å². The Labute approximate surface area is 117 Å². The number of hydrogen-bond acceptors (Lipinski definition) is 3. The van der Waals surface area contributed by atoms with E-state index >= 15 is 0 Å². The molecule has 4 N–H and O–H groups in total. The predicted molar refractivity (Wildman–Crippen MR) is 81.7 cm³/mol. The monoisotopic (exact) mass is 264 g/mol. The first-order chi connectivity index (χ1) is 9.03. The van der Waals surface area contributed by atoms with Crippen LogP contribution in [0.5, 0.6) is 5.75 Å². The molecule has 108 valence electrons. The smallest absolute Gasteiger partial charge is 0.122 e. The molecule has 0 saturated carbocycles. The van der Waals surface area contributed by atoms with E-state index in [1.807, 2.05) is 0 Å². The van der Waals surface area contributed by atoms with Crippen LogP contribution >= 0.6 is 0 Å². The molecule has 0 spiro atoms. The van der Waals surface area contributed by atoms with Gasteiger partial charge < -0.3 is 16.2 Å². The summed E-state index contributed by atoms with van der Waals surface area (Å²) in [5.41, 5.74) is 14.1. The summed E-state index contributed by atoms with van der Waals surface area (Å²) in [6, 6.07) is 6.48. The van der Waals surface area contributed by atoms with Gasteiger partial charge in [-0.25, -0.2) is 0 Å². The minimum Gasteiger partial charge on any atom is -0.496 e. The van der Waals surface area contributed by atoms with Gasteiger partial charge in [0.15, 0.2) is 0 Å². The molecule has 19 heavy (non-hydrogen) atoms. The average Bonchev–Trinajstić information content (AvgIpc) is 2.43. The number of hydrogen-bond donors (Lipinski definition) is 2. The molecule has 0 saturated heterocycles. The molecule has 3 heteroatoms. The van der Waals surface area contributed by atoms with E-state index in [0.717, 1.165) is 12.2 Å². The first-order valence-electron chi connectivity index (χ1n) is 7.11. The fourth-order valence-corrected chi connectivity index (χ4v) is 2.44. The van der Waals surface area contributed by atoms with Crippen LogP contribution in [0.25, 0.3) is 0 Å². The van der Waals surface area contributed by atoms with Gasteiger partial charge in [0.2, 0.25) is 0 Å². The zero-order valence-electron chi connectivity index (χ0n) is 12.6. The van der Waals surface area contributed by atoms with E-state index in [-0.39, 0.29) is 0 Å². The third-order valence-corrected chi connectivity index (χ3v) is 3.80. The Hall–Kier alpha value is -1.06. The molecule has 1 unspecified atom stereocenters. The standard InChI is InChI=1S/C16H28N2O/c1-11(2)15-8-14(5-6-16(15)19-4)12(3)7-13(9-17)10-18/h5-6,8,11-13H,7,9-10,17-18H2,1-4H3. The van der Waals surface area contributed by atoms with Gasteiger partial charge in [-0.2, -0.15) is 0 Å². The van der Waals surface area contributed by atoms with Crippen LogP contribution in [0.3, 0.4) is 0 Å². The minimum absolute atomic E-state index is 0.402. The van der Waals surface area contributed by atoms with E-state index < -0.39 is 0 Å². The molecule has 1 aromatic carbocycles. The first-order valence-corrected chi connectivity index (χ1v) is 7.11. The Bertz CT molecular complexity index is 386. The first kappa shape index (κ1) is 16.0. The largest absolute Gasteiger partial charge is 0.496 e. The van der Waals surface area contributed by atoms with Crippen molar-refractivity contribution < 1.29 is 4.74 Å². The molecule has 0 aliphatic heterocycles. The minimum atomic E-state index is 0.402. The molecule has 0 aromatic heterocycles. The van der Waals surface area contributed by atoms with Crippen LogP contribution in [0.4, 0.5) is 0 Å². The van der Waals surface area contributed by atoms with Gasteiger partial charge in [0.1, 0.15) is 5.75 Å². The molecule has 0 fully saturated rings. The summed E-state index contributed by atoms with van der Waals surface area (Å²) in [6.07, 6.45) is 1.04. The molecular weight excluding hydrogens is 236 g/mol. The van der Waals surface area contributed by atoms with Crippen molar-refractivity contribution in [3.8, 4) is 5.75 Å². The van der Waals surface area contributed by atoms with E-state index in [9.17, 15) is 0 Å². The van der Waals surface area contributed by atoms with Crippen LogP contribution < -0.4 is 16.2 Å². The molecular formula is C16H28N2O. The zero-order chi connectivity index (χ0) is 14.4. The lowest BCUT2D eigenvalue weighted by atomic mass is 9.88. The van der Waals surface area contributed by atoms with Crippen LogP contribution in [-0.4, -0.2) is 20.2 Å². The highest BCUT2D eigenvalue weighted by Gasteiger charge is 2.15. The Morgan fingerprint density at radius 3 is 2.21 bits per heavy atom. The van der Waals surface area contributed by atoms with E-state index in [0.29, 0.717) is 30.8 Å². The van der Waals surface area contributed by atoms with E-state index in [4.69, 9.17) is 16.2 Å². The number of nitrogens with two attached hydrogens (primary N) is 2. The van der Waals surface area contributed by atoms with Crippen molar-refractivity contribution in [3.63, 3.8) is 0 Å². The maximum atomic E-state index is 5.73. The van der Waals surface area contributed by atoms with Crippen LogP contribution in [0.1, 0.15) is 50.2 Å². The SMILES string of the molecule is COc1ccc(C(C)CC(CN)CN)cc1C(C)C. The molecule has 0 radical (unpaired) electrons. The molecule has 0 heterocycles. The van der Waals surface area contributed by atoms with Gasteiger partial charge in [-0.1, -0.05) is 32.9 Å². The fourth-order valence-electron chi connectivity index (χ4n) is 2.44. The zero-order valence-corrected chi connectivity index (χ0v) is 12.6. The molecule has 0 aliphatic rings. The van der Waals surface area contributed by atoms with Crippen LogP contribution in [0.2, 0.25) is 0 Å². The van der Waals surface area contributed by atoms with Crippen LogP contribution in [-0.2, 0) is 0 Å². The maximum Gasteiger partial charge on any atom is 0.122 e. The molecule has 1 rings (SSSR count). The molecule has 3 nitrogen and oxygen atoms in total. The van der Waals surface area contributed by atoms with Gasteiger partial charge in [0.05, 0.1) is 7.11 Å². The van der Waals surface area contributed by atoms with Gasteiger partial charge in [-0.05, 0) is 54.5 Å². The number of ether oxygens (including phenoxy) is 1. The molecule has 0 bridgehead atoms. The van der Waals surface area contributed by atoms with Crippen molar-refractivity contribution in [1.29, 1.82) is 0 Å². The van der Waals surface area contributed by atoms with Gasteiger partial charge in [0, 0.05) is 0 Å². The lowest BCUT2D eigenvalue weighted by Crippen LogP contribution is -2.24. The molecule has 0 aliphatic carbocycles. The second kappa shape index (κ2) is 7.51. The number of benzene rings is 1. The quantitative estimate of drug-likeness (QED) is 0.796. The molecule has 0 amide bonds. The Morgan fingerprint density at radius 1 is 1.11 bits per heavy atom. The second-order valence-electron chi connectivity index (χ2n) is 5.63. The normalized spacial score (nSPS) is 13.1. The van der Waals surface area contributed by atoms with Crippen molar-refractivity contribution in [2.45, 2.75) is 39.0 Å². The fraction of sp³-hybridized carbons (Fsp3) is 0.625. The third kappa shape index (κ3) is 4.22. The van der Waals surface area contributed by atoms with Crippen molar-refractivity contribution in [1.82, 2.24) is 0 Å². The highest BCUT2D eigenvalue weighted by molar-refractivity contribution is 5.40. The maximum absolute atomic E-state index is 5.73. The predicted octanol–water partition coefficient (Wildman–Crippen LogP) is 2.85. The van der Waals surface area contributed by atoms with Crippen molar-refractivity contribution in [2.75, 3.05) is 20.2 Å². The summed E-state index contributed by atoms with van der Waals surface area (Å²) in [6.45, 7) is 7.94. The Balaban J connectivity index is 2.91. The lowest BCUT2D eigenvalue weighted by molar-refractivity contribution is 0.406. The van der Waals surface area contributed by atoms with Gasteiger partial charge >= 0.3 is 0 Å². The van der Waals surface area contributed by atoms with Crippen LogP contribution in [0.15, 0.2) is 18.2 Å². The highest BCUT2D eigenvalue weighted by atomic mass is 16.5. The van der Waals surface area contributed by atoms with Crippen molar-refractivity contribution >= 4 is 0 Å². The second-order valence-corrected chi connectivity index (χ2v) is 5.63. The third-order valence-electron chi connectivity index (χ3n) is 3.80. The van der Waals surface area contributed by atoms with E-state index in [1.54, 1.807) is 7.11 Å². The van der Waals surface area contributed by atoms with E-state index in [2.05, 4.69) is 39.0 Å². The van der Waals surface area contributed by atoms with E-state index in [1.165, 1.54) is 11.1 Å². The van der Waals surface area contributed by atoms with Crippen molar-refractivity contribution in [2.24, 2.45) is 17.4 Å². The van der Waals surface area contributed by atoms with Gasteiger partial charge in [0.25, 0.3) is 0 Å². The summed E-state index contributed by atoms with van der Waals surface area (Å²) in [4.78, 5) is 0. The highest BCUT2D eigenvalue weighted by Crippen LogP contribution is 2.31. The summed E-state index contributed by atoms with van der Waals surface area (Å²) in [7, 11) is 1.73. The van der Waals surface area contributed by atoms with Crippen molar-refractivity contribution in [3.05, 3.63) is 29.3 Å². The van der Waals surface area contributed by atoms with Gasteiger partial charge in [-0.15, -0.1) is 0 Å². The lowest BCUT2D eigenvalue weighted by Gasteiger charge is -2.20. The Kier molecular flexibility index (Phi) is 6.32. The summed E-state index contributed by atoms with van der Waals surface area (Å²) in [5.74, 6) is 2.31. The summed E-state index contributed by atoms with van der Waals surface area (Å²) >= 11 is 0. The van der Waals surface area contributed by atoms with Crippen LogP contribution in [0, 0.1) is 5.92 Å². The Morgan fingerprint density at radius 2 is 1.74 bits per heavy atom. The average molecular weight is 264 g/mol. The summed E-state index contributed by atoms with van der Waals surface area (Å²) in [5, 5.41) is 0. The summed E-state index contributed by atoms with van der Waals surface area (Å²) < 4.78 is 5.42. The number of rotatable bonds is 7. The number of methoxy groups -OCH3 is 1. The molecule has 1 atom stereocenters. The topological polar surface area (TPSA) is 61.3 Å².